The molecule has 0 atom stereocenters. The summed E-state index contributed by atoms with van der Waals surface area (Å²) < 4.78 is 4.22. The van der Waals surface area contributed by atoms with Gasteiger partial charge in [0.1, 0.15) is 0 Å². The van der Waals surface area contributed by atoms with E-state index in [2.05, 4.69) is 46.2 Å². The molecule has 0 fully saturated rings. The molecular weight excluding hydrogens is 248 g/mol. The lowest BCUT2D eigenvalue weighted by atomic mass is 10.1. The number of fused-ring (bicyclic) bond motifs is 1. The van der Waals surface area contributed by atoms with Gasteiger partial charge in [0.2, 0.25) is 0 Å². The molecule has 0 spiro atoms. The van der Waals surface area contributed by atoms with Crippen LogP contribution in [0.15, 0.2) is 36.5 Å². The van der Waals surface area contributed by atoms with Crippen LogP contribution in [0.25, 0.3) is 10.9 Å². The van der Waals surface area contributed by atoms with Crippen molar-refractivity contribution in [2.24, 2.45) is 12.8 Å². The summed E-state index contributed by atoms with van der Waals surface area (Å²) in [6, 6.07) is 10.8. The molecule has 4 heteroatoms. The lowest BCUT2D eigenvalue weighted by Crippen LogP contribution is -2.05. The molecule has 104 valence electrons. The van der Waals surface area contributed by atoms with Crippen LogP contribution < -0.4 is 5.73 Å². The molecule has 0 saturated carbocycles. The molecule has 1 aromatic carbocycles. The van der Waals surface area contributed by atoms with E-state index < -0.39 is 0 Å². The first-order chi connectivity index (χ1) is 9.69. The standard InChI is InChI=1S/C16H20N4/c1-12-10-14(19(2)18-12)11-20-9-7-15-13(6-8-17)4-3-5-16(15)20/h3-5,7,9-10H,6,8,11,17H2,1-2H3. The molecule has 0 radical (unpaired) electrons. The van der Waals surface area contributed by atoms with Gasteiger partial charge in [0.05, 0.1) is 17.9 Å². The second-order valence-electron chi connectivity index (χ2n) is 5.23. The molecule has 20 heavy (non-hydrogen) atoms. The van der Waals surface area contributed by atoms with Crippen LogP contribution >= 0.6 is 0 Å². The number of aryl methyl sites for hydroxylation is 2. The number of aromatic nitrogens is 3. The zero-order valence-corrected chi connectivity index (χ0v) is 12.0. The second kappa shape index (κ2) is 5.13. The van der Waals surface area contributed by atoms with E-state index in [9.17, 15) is 0 Å². The van der Waals surface area contributed by atoms with E-state index >= 15 is 0 Å². The third-order valence-electron chi connectivity index (χ3n) is 3.75. The van der Waals surface area contributed by atoms with Crippen LogP contribution in [0.1, 0.15) is 17.0 Å². The van der Waals surface area contributed by atoms with Gasteiger partial charge in [-0.05, 0) is 43.7 Å². The SMILES string of the molecule is Cc1cc(Cn2ccc3c(CCN)cccc32)n(C)n1. The van der Waals surface area contributed by atoms with Gasteiger partial charge >= 0.3 is 0 Å². The van der Waals surface area contributed by atoms with Gasteiger partial charge < -0.3 is 10.3 Å². The summed E-state index contributed by atoms with van der Waals surface area (Å²) >= 11 is 0. The Morgan fingerprint density at radius 1 is 1.25 bits per heavy atom. The van der Waals surface area contributed by atoms with Crippen molar-refractivity contribution in [2.75, 3.05) is 6.54 Å². The second-order valence-corrected chi connectivity index (χ2v) is 5.23. The molecule has 2 heterocycles. The zero-order chi connectivity index (χ0) is 14.1. The molecule has 3 rings (SSSR count). The van der Waals surface area contributed by atoms with Crippen molar-refractivity contribution >= 4 is 10.9 Å². The van der Waals surface area contributed by atoms with E-state index in [1.165, 1.54) is 22.2 Å². The number of nitrogens with two attached hydrogens (primary N) is 1. The van der Waals surface area contributed by atoms with E-state index in [0.717, 1.165) is 18.7 Å². The van der Waals surface area contributed by atoms with E-state index in [1.54, 1.807) is 0 Å². The Bertz CT molecular complexity index is 736. The lowest BCUT2D eigenvalue weighted by Gasteiger charge is -2.07. The van der Waals surface area contributed by atoms with Crippen molar-refractivity contribution in [1.29, 1.82) is 0 Å². The van der Waals surface area contributed by atoms with Crippen molar-refractivity contribution in [3.8, 4) is 0 Å². The monoisotopic (exact) mass is 268 g/mol. The molecule has 2 N–H and O–H groups in total. The first kappa shape index (κ1) is 12.9. The molecule has 0 bridgehead atoms. The third-order valence-corrected chi connectivity index (χ3v) is 3.75. The van der Waals surface area contributed by atoms with E-state index in [-0.39, 0.29) is 0 Å². The molecule has 0 unspecified atom stereocenters. The van der Waals surface area contributed by atoms with Crippen molar-refractivity contribution in [2.45, 2.75) is 19.9 Å². The fourth-order valence-electron chi connectivity index (χ4n) is 2.79. The fourth-order valence-corrected chi connectivity index (χ4v) is 2.79. The van der Waals surface area contributed by atoms with Crippen molar-refractivity contribution in [1.82, 2.24) is 14.3 Å². The average molecular weight is 268 g/mol. The first-order valence-corrected chi connectivity index (χ1v) is 6.95. The maximum absolute atomic E-state index is 5.69. The number of hydrogen-bond donors (Lipinski definition) is 1. The molecule has 0 saturated heterocycles. The summed E-state index contributed by atoms with van der Waals surface area (Å²) in [4.78, 5) is 0. The molecule has 0 amide bonds. The summed E-state index contributed by atoms with van der Waals surface area (Å²) in [5.74, 6) is 0. The van der Waals surface area contributed by atoms with Gasteiger partial charge in [-0.15, -0.1) is 0 Å². The van der Waals surface area contributed by atoms with Gasteiger partial charge in [0.15, 0.2) is 0 Å². The highest BCUT2D eigenvalue weighted by atomic mass is 15.3. The van der Waals surface area contributed by atoms with E-state index in [0.29, 0.717) is 6.54 Å². The number of nitrogens with zero attached hydrogens (tertiary/aromatic N) is 3. The number of hydrogen-bond acceptors (Lipinski definition) is 2. The Morgan fingerprint density at radius 3 is 2.80 bits per heavy atom. The van der Waals surface area contributed by atoms with Crippen LogP contribution in [0.3, 0.4) is 0 Å². The van der Waals surface area contributed by atoms with E-state index in [1.807, 2.05) is 18.7 Å². The lowest BCUT2D eigenvalue weighted by molar-refractivity contribution is 0.673. The van der Waals surface area contributed by atoms with E-state index in [4.69, 9.17) is 5.73 Å². The summed E-state index contributed by atoms with van der Waals surface area (Å²) in [5.41, 5.74) is 10.5. The van der Waals surface area contributed by atoms with Crippen LogP contribution in [-0.4, -0.2) is 20.9 Å². The van der Waals surface area contributed by atoms with Crippen LogP contribution in [0.2, 0.25) is 0 Å². The van der Waals surface area contributed by atoms with Crippen molar-refractivity contribution in [3.05, 3.63) is 53.5 Å². The van der Waals surface area contributed by atoms with Gasteiger partial charge in [-0.25, -0.2) is 0 Å². The molecule has 0 aliphatic rings. The quantitative estimate of drug-likeness (QED) is 0.789. The van der Waals surface area contributed by atoms with Crippen molar-refractivity contribution in [3.63, 3.8) is 0 Å². The zero-order valence-electron chi connectivity index (χ0n) is 12.0. The van der Waals surface area contributed by atoms with Crippen LogP contribution in [-0.2, 0) is 20.0 Å². The minimum Gasteiger partial charge on any atom is -0.341 e. The summed E-state index contributed by atoms with van der Waals surface area (Å²) in [7, 11) is 1.99. The normalized spacial score (nSPS) is 11.3. The Morgan fingerprint density at radius 2 is 2.10 bits per heavy atom. The van der Waals surface area contributed by atoms with Crippen LogP contribution in [0.5, 0.6) is 0 Å². The maximum Gasteiger partial charge on any atom is 0.0645 e. The molecule has 0 aliphatic carbocycles. The Balaban J connectivity index is 2.00. The van der Waals surface area contributed by atoms with Gasteiger partial charge in [-0.3, -0.25) is 4.68 Å². The molecular formula is C16H20N4. The van der Waals surface area contributed by atoms with Gasteiger partial charge in [0, 0.05) is 24.1 Å². The van der Waals surface area contributed by atoms with Gasteiger partial charge in [-0.1, -0.05) is 12.1 Å². The minimum atomic E-state index is 0.686. The topological polar surface area (TPSA) is 48.8 Å². The average Bonchev–Trinajstić information content (AvgIpc) is 2.96. The van der Waals surface area contributed by atoms with Crippen LogP contribution in [0, 0.1) is 6.92 Å². The van der Waals surface area contributed by atoms with Gasteiger partial charge in [-0.2, -0.15) is 5.10 Å². The molecule has 0 aliphatic heterocycles. The predicted molar refractivity (Wildman–Crippen MR) is 81.7 cm³/mol. The Hall–Kier alpha value is -2.07. The summed E-state index contributed by atoms with van der Waals surface area (Å²) in [6.07, 6.45) is 3.07. The Labute approximate surface area is 118 Å². The Kier molecular flexibility index (Phi) is 3.32. The minimum absolute atomic E-state index is 0.686. The summed E-state index contributed by atoms with van der Waals surface area (Å²) in [5, 5.41) is 5.71. The molecule has 4 nitrogen and oxygen atoms in total. The van der Waals surface area contributed by atoms with Crippen molar-refractivity contribution < 1.29 is 0 Å². The largest absolute Gasteiger partial charge is 0.341 e. The number of benzene rings is 1. The van der Waals surface area contributed by atoms with Gasteiger partial charge in [0.25, 0.3) is 0 Å². The highest BCUT2D eigenvalue weighted by molar-refractivity contribution is 5.83. The molecule has 2 aromatic heterocycles. The maximum atomic E-state index is 5.69. The summed E-state index contributed by atoms with van der Waals surface area (Å²) in [6.45, 7) is 3.55. The number of rotatable bonds is 4. The predicted octanol–water partition coefficient (Wildman–Crippen LogP) is 2.23. The van der Waals surface area contributed by atoms with Crippen LogP contribution in [0.4, 0.5) is 0 Å². The highest BCUT2D eigenvalue weighted by Gasteiger charge is 2.08. The molecule has 3 aromatic rings. The third kappa shape index (κ3) is 2.23. The fraction of sp³-hybridized carbons (Fsp3) is 0.312. The smallest absolute Gasteiger partial charge is 0.0645 e. The highest BCUT2D eigenvalue weighted by Crippen LogP contribution is 2.21. The first-order valence-electron chi connectivity index (χ1n) is 6.95.